The normalized spacial score (nSPS) is 30.2. The van der Waals surface area contributed by atoms with Gasteiger partial charge >= 0.3 is 0 Å². The summed E-state index contributed by atoms with van der Waals surface area (Å²) in [6, 6.07) is 0. The van der Waals surface area contributed by atoms with Crippen molar-refractivity contribution in [1.29, 1.82) is 0 Å². The topological polar surface area (TPSA) is 49.4 Å². The van der Waals surface area contributed by atoms with Crippen LogP contribution in [0.1, 0.15) is 38.5 Å². The van der Waals surface area contributed by atoms with Crippen molar-refractivity contribution in [3.8, 4) is 0 Å². The molecule has 116 valence electrons. The van der Waals surface area contributed by atoms with Crippen molar-refractivity contribution in [2.45, 2.75) is 38.5 Å². The highest BCUT2D eigenvalue weighted by atomic mass is 16.2. The predicted molar refractivity (Wildman–Crippen MR) is 81.4 cm³/mol. The zero-order valence-corrected chi connectivity index (χ0v) is 12.9. The van der Waals surface area contributed by atoms with E-state index in [0.29, 0.717) is 18.4 Å². The molecule has 0 aromatic carbocycles. The molecule has 4 heteroatoms. The van der Waals surface area contributed by atoms with Crippen LogP contribution in [0.15, 0.2) is 12.2 Å². The van der Waals surface area contributed by atoms with Gasteiger partial charge in [-0.1, -0.05) is 18.6 Å². The van der Waals surface area contributed by atoms with Gasteiger partial charge in [0, 0.05) is 32.0 Å². The average molecular weight is 290 g/mol. The Morgan fingerprint density at radius 3 is 2.62 bits per heavy atom. The highest BCUT2D eigenvalue weighted by Crippen LogP contribution is 2.43. The Labute approximate surface area is 127 Å². The number of nitrogens with one attached hydrogen (secondary N) is 1. The molecule has 2 bridgehead atoms. The first-order chi connectivity index (χ1) is 10.1. The zero-order valence-electron chi connectivity index (χ0n) is 12.9. The van der Waals surface area contributed by atoms with Gasteiger partial charge in [0.15, 0.2) is 0 Å². The van der Waals surface area contributed by atoms with E-state index in [9.17, 15) is 9.59 Å². The van der Waals surface area contributed by atoms with Crippen molar-refractivity contribution in [2.24, 2.45) is 23.7 Å². The standard InChI is InChI=1S/C17H26N2O2/c1-19(17(21)13-4-2-5-13)9-3-8-18-16(20)15-11-12-6-7-14(15)10-12/h6-7,12-15H,2-5,8-11H2,1H3,(H,18,20)/t12-,14-,15+/m1/s1. The molecule has 21 heavy (non-hydrogen) atoms. The molecule has 2 fully saturated rings. The van der Waals surface area contributed by atoms with Gasteiger partial charge in [0.2, 0.25) is 11.8 Å². The maximum atomic E-state index is 12.2. The highest BCUT2D eigenvalue weighted by molar-refractivity contribution is 5.80. The Hall–Kier alpha value is -1.32. The highest BCUT2D eigenvalue weighted by Gasteiger charge is 2.39. The molecule has 4 nitrogen and oxygen atoms in total. The molecule has 0 saturated heterocycles. The quantitative estimate of drug-likeness (QED) is 0.600. The van der Waals surface area contributed by atoms with Crippen LogP contribution < -0.4 is 5.32 Å². The van der Waals surface area contributed by atoms with Crippen molar-refractivity contribution in [3.63, 3.8) is 0 Å². The lowest BCUT2D eigenvalue weighted by atomic mass is 9.84. The SMILES string of the molecule is CN(CCCNC(=O)[C@H]1C[C@@H]2C=C[C@@H]1C2)C(=O)C1CCC1. The maximum Gasteiger partial charge on any atom is 0.225 e. The number of nitrogens with zero attached hydrogens (tertiary/aromatic N) is 1. The Morgan fingerprint density at radius 1 is 1.24 bits per heavy atom. The van der Waals surface area contributed by atoms with E-state index in [2.05, 4.69) is 17.5 Å². The summed E-state index contributed by atoms with van der Waals surface area (Å²) in [6.45, 7) is 1.42. The lowest BCUT2D eigenvalue weighted by molar-refractivity contribution is -0.136. The van der Waals surface area contributed by atoms with E-state index in [4.69, 9.17) is 0 Å². The third kappa shape index (κ3) is 3.14. The van der Waals surface area contributed by atoms with E-state index in [0.717, 1.165) is 38.6 Å². The summed E-state index contributed by atoms with van der Waals surface area (Å²) < 4.78 is 0. The second-order valence-electron chi connectivity index (χ2n) is 6.92. The third-order valence-electron chi connectivity index (χ3n) is 5.42. The number of hydrogen-bond acceptors (Lipinski definition) is 2. The summed E-state index contributed by atoms with van der Waals surface area (Å²) in [6.07, 6.45) is 10.8. The van der Waals surface area contributed by atoms with Gasteiger partial charge in [-0.05, 0) is 43.9 Å². The molecule has 3 rings (SSSR count). The summed E-state index contributed by atoms with van der Waals surface area (Å²) in [5, 5.41) is 3.05. The van der Waals surface area contributed by atoms with Gasteiger partial charge in [-0.15, -0.1) is 0 Å². The fourth-order valence-corrected chi connectivity index (χ4v) is 3.82. The Morgan fingerprint density at radius 2 is 2.05 bits per heavy atom. The molecule has 0 spiro atoms. The van der Waals surface area contributed by atoms with Crippen LogP contribution in [0.25, 0.3) is 0 Å². The molecular weight excluding hydrogens is 264 g/mol. The Balaban J connectivity index is 1.32. The smallest absolute Gasteiger partial charge is 0.225 e. The second kappa shape index (κ2) is 6.20. The fraction of sp³-hybridized carbons (Fsp3) is 0.765. The molecule has 0 aromatic rings. The van der Waals surface area contributed by atoms with Crippen LogP contribution in [-0.4, -0.2) is 36.9 Å². The maximum absolute atomic E-state index is 12.2. The van der Waals surface area contributed by atoms with Crippen LogP contribution in [0.4, 0.5) is 0 Å². The summed E-state index contributed by atoms with van der Waals surface area (Å²) >= 11 is 0. The summed E-state index contributed by atoms with van der Waals surface area (Å²) in [5.41, 5.74) is 0. The molecule has 0 aliphatic heterocycles. The summed E-state index contributed by atoms with van der Waals surface area (Å²) in [4.78, 5) is 26.0. The lowest BCUT2D eigenvalue weighted by Gasteiger charge is -2.29. The Kier molecular flexibility index (Phi) is 4.32. The van der Waals surface area contributed by atoms with Gasteiger partial charge in [0.1, 0.15) is 0 Å². The van der Waals surface area contributed by atoms with Gasteiger partial charge in [0.25, 0.3) is 0 Å². The summed E-state index contributed by atoms with van der Waals surface area (Å²) in [5.74, 6) is 2.06. The minimum absolute atomic E-state index is 0.189. The van der Waals surface area contributed by atoms with Crippen molar-refractivity contribution < 1.29 is 9.59 Å². The monoisotopic (exact) mass is 290 g/mol. The number of rotatable bonds is 6. The van der Waals surface area contributed by atoms with Gasteiger partial charge in [0.05, 0.1) is 0 Å². The zero-order chi connectivity index (χ0) is 14.8. The molecule has 0 aromatic heterocycles. The molecule has 2 amide bonds. The second-order valence-corrected chi connectivity index (χ2v) is 6.92. The van der Waals surface area contributed by atoms with Gasteiger partial charge in [-0.25, -0.2) is 0 Å². The van der Waals surface area contributed by atoms with E-state index >= 15 is 0 Å². The molecule has 0 radical (unpaired) electrons. The first-order valence-corrected chi connectivity index (χ1v) is 8.36. The van der Waals surface area contributed by atoms with Crippen LogP contribution in [0, 0.1) is 23.7 Å². The van der Waals surface area contributed by atoms with E-state index in [1.807, 2.05) is 11.9 Å². The minimum Gasteiger partial charge on any atom is -0.356 e. The lowest BCUT2D eigenvalue weighted by Crippen LogP contribution is -2.38. The largest absolute Gasteiger partial charge is 0.356 e. The first-order valence-electron chi connectivity index (χ1n) is 8.36. The van der Waals surface area contributed by atoms with Crippen LogP contribution in [-0.2, 0) is 9.59 Å². The van der Waals surface area contributed by atoms with Crippen molar-refractivity contribution >= 4 is 11.8 Å². The van der Waals surface area contributed by atoms with Crippen molar-refractivity contribution in [3.05, 3.63) is 12.2 Å². The minimum atomic E-state index is 0.189. The summed E-state index contributed by atoms with van der Waals surface area (Å²) in [7, 11) is 1.88. The molecule has 1 N–H and O–H groups in total. The molecule has 0 unspecified atom stereocenters. The number of allylic oxidation sites excluding steroid dienone is 2. The van der Waals surface area contributed by atoms with E-state index < -0.39 is 0 Å². The van der Waals surface area contributed by atoms with Crippen molar-refractivity contribution in [1.82, 2.24) is 10.2 Å². The van der Waals surface area contributed by atoms with Crippen LogP contribution in [0.5, 0.6) is 0 Å². The molecule has 0 heterocycles. The molecule has 2 saturated carbocycles. The van der Waals surface area contributed by atoms with Crippen LogP contribution in [0.3, 0.4) is 0 Å². The third-order valence-corrected chi connectivity index (χ3v) is 5.42. The molecular formula is C17H26N2O2. The number of carbonyl (C=O) groups is 2. The predicted octanol–water partition coefficient (Wildman–Crippen LogP) is 1.96. The van der Waals surface area contributed by atoms with Gasteiger partial charge < -0.3 is 10.2 Å². The van der Waals surface area contributed by atoms with E-state index in [-0.39, 0.29) is 23.7 Å². The van der Waals surface area contributed by atoms with E-state index in [1.54, 1.807) is 0 Å². The van der Waals surface area contributed by atoms with Crippen LogP contribution >= 0.6 is 0 Å². The number of fused-ring (bicyclic) bond motifs is 2. The number of hydrogen-bond donors (Lipinski definition) is 1. The number of amides is 2. The fourth-order valence-electron chi connectivity index (χ4n) is 3.82. The van der Waals surface area contributed by atoms with E-state index in [1.165, 1.54) is 6.42 Å². The van der Waals surface area contributed by atoms with Crippen LogP contribution in [0.2, 0.25) is 0 Å². The Bertz CT molecular complexity index is 442. The van der Waals surface area contributed by atoms with Crippen molar-refractivity contribution in [2.75, 3.05) is 20.1 Å². The van der Waals surface area contributed by atoms with Gasteiger partial charge in [-0.3, -0.25) is 9.59 Å². The molecule has 3 aliphatic rings. The first kappa shape index (κ1) is 14.6. The number of carbonyl (C=O) groups excluding carboxylic acids is 2. The van der Waals surface area contributed by atoms with Gasteiger partial charge in [-0.2, -0.15) is 0 Å². The molecule has 3 aliphatic carbocycles. The average Bonchev–Trinajstić information content (AvgIpc) is 3.03. The molecule has 3 atom stereocenters.